The first-order valence-electron chi connectivity index (χ1n) is 12.7. The average molecular weight is 458 g/mol. The second-order valence-electron chi connectivity index (χ2n) is 10.3. The predicted octanol–water partition coefficient (Wildman–Crippen LogP) is 5.59. The molecule has 5 rings (SSSR count). The monoisotopic (exact) mass is 457 g/mol. The predicted molar refractivity (Wildman–Crippen MR) is 136 cm³/mol. The molecular formula is C29H35N3O2. The molecule has 178 valence electrons. The van der Waals surface area contributed by atoms with Crippen molar-refractivity contribution in [3.05, 3.63) is 71.4 Å². The van der Waals surface area contributed by atoms with Crippen molar-refractivity contribution in [1.29, 1.82) is 0 Å². The fourth-order valence-electron chi connectivity index (χ4n) is 5.57. The van der Waals surface area contributed by atoms with E-state index in [0.29, 0.717) is 18.8 Å². The zero-order valence-electron chi connectivity index (χ0n) is 20.3. The zero-order valence-corrected chi connectivity index (χ0v) is 20.3. The van der Waals surface area contributed by atoms with Crippen molar-refractivity contribution >= 4 is 22.7 Å². The number of fused-ring (bicyclic) bond motifs is 3. The van der Waals surface area contributed by atoms with Gasteiger partial charge in [0.05, 0.1) is 6.54 Å². The molecule has 1 aliphatic carbocycles. The molecular weight excluding hydrogens is 422 g/mol. The van der Waals surface area contributed by atoms with Crippen LogP contribution in [0.2, 0.25) is 0 Å². The topological polar surface area (TPSA) is 54.3 Å². The minimum absolute atomic E-state index is 0.0398. The van der Waals surface area contributed by atoms with E-state index in [2.05, 4.69) is 36.5 Å². The second kappa shape index (κ2) is 9.28. The summed E-state index contributed by atoms with van der Waals surface area (Å²) in [6, 6.07) is 18.4. The smallest absolute Gasteiger partial charge is 0.271 e. The highest BCUT2D eigenvalue weighted by atomic mass is 16.2. The normalized spacial score (nSPS) is 21.7. The molecule has 2 heterocycles. The molecule has 1 fully saturated rings. The third-order valence-electron chi connectivity index (χ3n) is 7.73. The zero-order chi connectivity index (χ0) is 23.7. The molecule has 1 aliphatic heterocycles. The minimum Gasteiger partial charge on any atom is -0.351 e. The van der Waals surface area contributed by atoms with Gasteiger partial charge in [-0.1, -0.05) is 80.1 Å². The fraction of sp³-hybridized carbons (Fsp3) is 0.448. The lowest BCUT2D eigenvalue weighted by atomic mass is 9.91. The highest BCUT2D eigenvalue weighted by Gasteiger charge is 2.48. The van der Waals surface area contributed by atoms with E-state index in [1.54, 1.807) is 4.90 Å². The van der Waals surface area contributed by atoms with Crippen LogP contribution in [0, 0.1) is 6.92 Å². The molecule has 2 amide bonds. The number of para-hydroxylation sites is 1. The SMILES string of the molecule is Cc1ccc(CN2C(=O)c3cc4ccccc4n3C[C@@]2(C)C(=O)NC2CCCCCCC2)cc1. The van der Waals surface area contributed by atoms with Gasteiger partial charge in [-0.05, 0) is 44.4 Å². The van der Waals surface area contributed by atoms with Gasteiger partial charge in [-0.25, -0.2) is 0 Å². The number of aromatic nitrogens is 1. The van der Waals surface area contributed by atoms with Gasteiger partial charge in [-0.2, -0.15) is 0 Å². The van der Waals surface area contributed by atoms with Gasteiger partial charge in [0.1, 0.15) is 11.2 Å². The van der Waals surface area contributed by atoms with Gasteiger partial charge in [0.2, 0.25) is 5.91 Å². The highest BCUT2D eigenvalue weighted by molar-refractivity contribution is 6.03. The van der Waals surface area contributed by atoms with E-state index >= 15 is 0 Å². The molecule has 5 nitrogen and oxygen atoms in total. The van der Waals surface area contributed by atoms with Gasteiger partial charge in [-0.15, -0.1) is 0 Å². The number of nitrogens with one attached hydrogen (secondary N) is 1. The third kappa shape index (κ3) is 4.24. The molecule has 1 N–H and O–H groups in total. The van der Waals surface area contributed by atoms with Crippen molar-refractivity contribution in [1.82, 2.24) is 14.8 Å². The molecule has 0 radical (unpaired) electrons. The van der Waals surface area contributed by atoms with Crippen molar-refractivity contribution in [3.63, 3.8) is 0 Å². The first-order valence-corrected chi connectivity index (χ1v) is 12.7. The summed E-state index contributed by atoms with van der Waals surface area (Å²) in [4.78, 5) is 29.6. The Labute approximate surface area is 202 Å². The lowest BCUT2D eigenvalue weighted by Gasteiger charge is -2.44. The van der Waals surface area contributed by atoms with E-state index < -0.39 is 5.54 Å². The van der Waals surface area contributed by atoms with Crippen LogP contribution in [0.4, 0.5) is 0 Å². The van der Waals surface area contributed by atoms with Crippen molar-refractivity contribution in [3.8, 4) is 0 Å². The van der Waals surface area contributed by atoms with Gasteiger partial charge in [0.15, 0.2) is 0 Å². The molecule has 0 unspecified atom stereocenters. The first kappa shape index (κ1) is 22.7. The Morgan fingerprint density at radius 2 is 1.68 bits per heavy atom. The van der Waals surface area contributed by atoms with Crippen LogP contribution in [-0.4, -0.2) is 32.9 Å². The summed E-state index contributed by atoms with van der Waals surface area (Å²) in [6.07, 6.45) is 8.11. The molecule has 2 aliphatic rings. The van der Waals surface area contributed by atoms with Gasteiger partial charge in [0, 0.05) is 23.5 Å². The first-order chi connectivity index (χ1) is 16.5. The van der Waals surface area contributed by atoms with Crippen LogP contribution in [0.1, 0.15) is 73.5 Å². The van der Waals surface area contributed by atoms with Crippen LogP contribution in [0.3, 0.4) is 0 Å². The maximum atomic E-state index is 13.9. The van der Waals surface area contributed by atoms with E-state index in [1.165, 1.54) is 24.8 Å². The van der Waals surface area contributed by atoms with E-state index in [1.807, 2.05) is 41.8 Å². The molecule has 0 bridgehead atoms. The summed E-state index contributed by atoms with van der Waals surface area (Å²) in [6.45, 7) is 4.86. The molecule has 1 aromatic heterocycles. The van der Waals surface area contributed by atoms with Crippen LogP contribution in [0.5, 0.6) is 0 Å². The number of hydrogen-bond acceptors (Lipinski definition) is 2. The molecule has 0 spiro atoms. The number of carbonyl (C=O) groups is 2. The van der Waals surface area contributed by atoms with E-state index in [0.717, 1.165) is 42.1 Å². The molecule has 3 aromatic rings. The molecule has 0 saturated heterocycles. The Hall–Kier alpha value is -3.08. The lowest BCUT2D eigenvalue weighted by molar-refractivity contribution is -0.134. The van der Waals surface area contributed by atoms with E-state index in [4.69, 9.17) is 0 Å². The quantitative estimate of drug-likeness (QED) is 0.555. The van der Waals surface area contributed by atoms with Crippen LogP contribution in [0.15, 0.2) is 54.6 Å². The Bertz CT molecular complexity index is 1190. The molecule has 34 heavy (non-hydrogen) atoms. The van der Waals surface area contributed by atoms with Crippen LogP contribution in [-0.2, 0) is 17.9 Å². The van der Waals surface area contributed by atoms with Crippen LogP contribution < -0.4 is 5.32 Å². The second-order valence-corrected chi connectivity index (χ2v) is 10.3. The summed E-state index contributed by atoms with van der Waals surface area (Å²) >= 11 is 0. The maximum absolute atomic E-state index is 13.9. The number of benzene rings is 2. The molecule has 2 aromatic carbocycles. The van der Waals surface area contributed by atoms with Crippen molar-refractivity contribution in [2.75, 3.05) is 0 Å². The molecule has 1 atom stereocenters. The van der Waals surface area contributed by atoms with Crippen molar-refractivity contribution in [2.24, 2.45) is 0 Å². The van der Waals surface area contributed by atoms with Gasteiger partial charge >= 0.3 is 0 Å². The largest absolute Gasteiger partial charge is 0.351 e. The third-order valence-corrected chi connectivity index (χ3v) is 7.73. The summed E-state index contributed by atoms with van der Waals surface area (Å²) in [5, 5.41) is 4.40. The Kier molecular flexibility index (Phi) is 6.20. The lowest BCUT2D eigenvalue weighted by Crippen LogP contribution is -2.64. The number of aryl methyl sites for hydroxylation is 1. The Morgan fingerprint density at radius 1 is 1.00 bits per heavy atom. The standard InChI is InChI=1S/C29H35N3O2/c1-21-14-16-22(17-15-21)19-32-27(33)26-18-23-10-8-9-13-25(23)31(26)20-29(32,2)28(34)30-24-11-6-4-3-5-7-12-24/h8-10,13-18,24H,3-7,11-12,19-20H2,1-2H3,(H,30,34)/t29-/m0/s1. The maximum Gasteiger partial charge on any atom is 0.271 e. The fourth-order valence-corrected chi connectivity index (χ4v) is 5.57. The summed E-state index contributed by atoms with van der Waals surface area (Å²) < 4.78 is 2.04. The summed E-state index contributed by atoms with van der Waals surface area (Å²) in [7, 11) is 0. The van der Waals surface area contributed by atoms with E-state index in [-0.39, 0.29) is 17.9 Å². The number of rotatable bonds is 4. The number of carbonyl (C=O) groups excluding carboxylic acids is 2. The summed E-state index contributed by atoms with van der Waals surface area (Å²) in [5.41, 5.74) is 2.90. The van der Waals surface area contributed by atoms with Gasteiger partial charge < -0.3 is 14.8 Å². The van der Waals surface area contributed by atoms with Gasteiger partial charge in [-0.3, -0.25) is 9.59 Å². The van der Waals surface area contributed by atoms with E-state index in [9.17, 15) is 9.59 Å². The van der Waals surface area contributed by atoms with Crippen molar-refractivity contribution < 1.29 is 9.59 Å². The number of amides is 2. The Morgan fingerprint density at radius 3 is 2.41 bits per heavy atom. The molecule has 5 heteroatoms. The highest BCUT2D eigenvalue weighted by Crippen LogP contribution is 2.34. The van der Waals surface area contributed by atoms with Crippen molar-refractivity contribution in [2.45, 2.75) is 83.5 Å². The Balaban J connectivity index is 1.51. The average Bonchev–Trinajstić information content (AvgIpc) is 3.18. The number of nitrogens with zero attached hydrogens (tertiary/aromatic N) is 2. The summed E-state index contributed by atoms with van der Waals surface area (Å²) in [5.74, 6) is -0.125. The molecule has 1 saturated carbocycles. The number of hydrogen-bond donors (Lipinski definition) is 1. The van der Waals surface area contributed by atoms with Crippen LogP contribution in [0.25, 0.3) is 10.9 Å². The van der Waals surface area contributed by atoms with Gasteiger partial charge in [0.25, 0.3) is 5.91 Å². The van der Waals surface area contributed by atoms with Crippen LogP contribution >= 0.6 is 0 Å². The minimum atomic E-state index is -0.973.